The van der Waals surface area contributed by atoms with Gasteiger partial charge in [-0.15, -0.1) is 0 Å². The van der Waals surface area contributed by atoms with E-state index in [9.17, 15) is 0 Å². The molecule has 2 N–H and O–H groups in total. The second-order valence-corrected chi connectivity index (χ2v) is 1.55. The van der Waals surface area contributed by atoms with E-state index >= 15 is 0 Å². The van der Waals surface area contributed by atoms with Crippen LogP contribution in [0.4, 0.5) is 0 Å². The maximum absolute atomic E-state index is 8.81. The van der Waals surface area contributed by atoms with Gasteiger partial charge >= 0.3 is 30.4 Å². The Balaban J connectivity index is 0. The van der Waals surface area contributed by atoms with Crippen molar-refractivity contribution >= 4 is 47.7 Å². The monoisotopic (exact) mass is 388 g/mol. The Kier molecular flexibility index (Phi) is 10.5. The van der Waals surface area contributed by atoms with Crippen LogP contribution in [0.2, 0.25) is 0 Å². The molecule has 0 aliphatic carbocycles. The van der Waals surface area contributed by atoms with Crippen LogP contribution in [-0.2, 0) is 3.10 Å². The van der Waals surface area contributed by atoms with Gasteiger partial charge in [0.25, 0.3) is 0 Å². The first-order chi connectivity index (χ1) is 1.73. The van der Waals surface area contributed by atoms with E-state index in [4.69, 9.17) is 10.0 Å². The molecule has 4 radical (unpaired) electrons. The summed E-state index contributed by atoms with van der Waals surface area (Å²) in [7, 11) is 0. The maximum atomic E-state index is 8.81. The molecule has 0 aliphatic rings. The van der Waals surface area contributed by atoms with Crippen molar-refractivity contribution in [2.75, 3.05) is 0 Å². The molecule has 0 saturated heterocycles. The van der Waals surface area contributed by atoms with Crippen LogP contribution < -0.4 is 0 Å². The van der Waals surface area contributed by atoms with E-state index in [0.29, 0.717) is 0 Å². The fraction of sp³-hybridized carbons (Fsp3) is 0. The Morgan fingerprint density at radius 3 is 1.40 bits per heavy atom. The first kappa shape index (κ1) is 9.66. The van der Waals surface area contributed by atoms with Crippen LogP contribution in [0.15, 0.2) is 0 Å². The predicted octanol–water partition coefficient (Wildman–Crippen LogP) is -1.99. The largest absolute Gasteiger partial charge is 0 e. The summed E-state index contributed by atoms with van der Waals surface area (Å²) < 4.78 is 23.3. The van der Waals surface area contributed by atoms with Crippen molar-refractivity contribution in [2.45, 2.75) is 0 Å². The maximum Gasteiger partial charge on any atom is 0 e. The van der Waals surface area contributed by atoms with Gasteiger partial charge in [0.2, 0.25) is 0 Å². The van der Waals surface area contributed by atoms with Gasteiger partial charge in [-0.3, -0.25) is 0 Å². The summed E-state index contributed by atoms with van der Waals surface area (Å²) in [4.78, 5) is 0. The first-order valence-corrected chi connectivity index (χ1v) is 3.57. The third kappa shape index (κ3) is 31.2. The van der Waals surface area contributed by atoms with Gasteiger partial charge in [0, 0.05) is 27.3 Å². The summed E-state index contributed by atoms with van der Waals surface area (Å²) >= 11 is -3.61. The fourth-order valence-corrected chi connectivity index (χ4v) is 0. The van der Waals surface area contributed by atoms with Crippen LogP contribution in [-0.4, -0.2) is 54.6 Å². The van der Waals surface area contributed by atoms with Crippen LogP contribution >= 0.6 is 0 Å². The Hall–Kier alpha value is 1.43. The van der Waals surface area contributed by atoms with Crippen molar-refractivity contribution in [1.29, 1.82) is 0 Å². The quantitative estimate of drug-likeness (QED) is 0.475. The zero-order valence-corrected chi connectivity index (χ0v) is 8.43. The van der Waals surface area contributed by atoms with Crippen molar-refractivity contribution in [3.8, 4) is 0 Å². The van der Waals surface area contributed by atoms with E-state index in [0.717, 1.165) is 0 Å². The Bertz CT molecular complexity index is 29.9. The predicted molar refractivity (Wildman–Crippen MR) is 16.6 cm³/mol. The minimum absolute atomic E-state index is 0. The topological polar surface area (TPSA) is 57.5 Å². The van der Waals surface area contributed by atoms with Gasteiger partial charge < -0.3 is 0 Å². The summed E-state index contributed by atoms with van der Waals surface area (Å²) in [6.07, 6.45) is 0. The van der Waals surface area contributed by atoms with Crippen LogP contribution in [0.5, 0.6) is 0 Å². The molecule has 3 nitrogen and oxygen atoms in total. The van der Waals surface area contributed by atoms with E-state index < -0.39 is 20.4 Å². The Morgan fingerprint density at radius 2 is 1.40 bits per heavy atom. The molecule has 0 spiro atoms. The van der Waals surface area contributed by atoms with E-state index in [1.165, 1.54) is 0 Å². The van der Waals surface area contributed by atoms with Crippen molar-refractivity contribution in [1.82, 2.24) is 0 Å². The summed E-state index contributed by atoms with van der Waals surface area (Å²) in [6.45, 7) is 0. The van der Waals surface area contributed by atoms with Crippen LogP contribution in [0, 0.1) is 0 Å². The van der Waals surface area contributed by atoms with Crippen molar-refractivity contribution < 1.29 is 10.0 Å². The summed E-state index contributed by atoms with van der Waals surface area (Å²) in [5, 5.41) is 0. The molecule has 0 unspecified atom stereocenters. The first-order valence-electron chi connectivity index (χ1n) is 0.532. The van der Waals surface area contributed by atoms with Gasteiger partial charge in [-0.05, 0) is 0 Å². The molecule has 5 heavy (non-hydrogen) atoms. The number of rotatable bonds is 0. The van der Waals surface area contributed by atoms with Crippen LogP contribution in [0.3, 0.4) is 0 Å². The second-order valence-electron chi connectivity index (χ2n) is 0.231. The molecule has 0 aromatic carbocycles. The molecule has 0 bridgehead atoms. The average molecular weight is 385 g/mol. The van der Waals surface area contributed by atoms with E-state index in [2.05, 4.69) is 0 Å². The number of hydrogen-bond acceptors (Lipinski definition) is 1. The number of hydrogen-bond donors (Lipinski definition) is 2. The van der Waals surface area contributed by atoms with Gasteiger partial charge in [0.1, 0.15) is 0 Å². The SMILES string of the molecule is O=[Te](O)O.[Pb]. The zero-order chi connectivity index (χ0) is 3.58. The smallest absolute Gasteiger partial charge is 0 e. The molecular formula is H2O3PbTe. The van der Waals surface area contributed by atoms with Crippen molar-refractivity contribution in [3.05, 3.63) is 0 Å². The normalized spacial score (nSPS) is 7.00. The second kappa shape index (κ2) is 5.43. The van der Waals surface area contributed by atoms with E-state index in [1.54, 1.807) is 0 Å². The van der Waals surface area contributed by atoms with Gasteiger partial charge in [-0.1, -0.05) is 0 Å². The summed E-state index contributed by atoms with van der Waals surface area (Å²) in [5.41, 5.74) is 0. The van der Waals surface area contributed by atoms with Crippen molar-refractivity contribution in [3.63, 3.8) is 0 Å². The van der Waals surface area contributed by atoms with E-state index in [-0.39, 0.29) is 27.3 Å². The molecular weight excluding hydrogens is 383 g/mol. The minimum Gasteiger partial charge on any atom is 0 e. The van der Waals surface area contributed by atoms with Crippen LogP contribution in [0.1, 0.15) is 0 Å². The molecule has 0 amide bonds. The molecule has 0 aromatic heterocycles. The standard InChI is InChI=1S/H2O3Te.Pb/c1-4(2)3;/h(H2,1,2,3);. The van der Waals surface area contributed by atoms with Crippen molar-refractivity contribution in [2.24, 2.45) is 0 Å². The molecule has 0 heterocycles. The molecule has 0 fully saturated rings. The molecule has 30 valence electrons. The van der Waals surface area contributed by atoms with Gasteiger partial charge in [-0.2, -0.15) is 0 Å². The fourth-order valence-electron chi connectivity index (χ4n) is 0. The molecule has 0 aromatic rings. The Labute approximate surface area is 57.3 Å². The molecule has 0 saturated carbocycles. The van der Waals surface area contributed by atoms with Gasteiger partial charge in [-0.25, -0.2) is 0 Å². The zero-order valence-electron chi connectivity index (χ0n) is 2.21. The minimum atomic E-state index is -3.61. The van der Waals surface area contributed by atoms with Gasteiger partial charge in [0.05, 0.1) is 0 Å². The van der Waals surface area contributed by atoms with E-state index in [1.807, 2.05) is 0 Å². The Morgan fingerprint density at radius 1 is 1.40 bits per heavy atom. The van der Waals surface area contributed by atoms with Crippen LogP contribution in [0.25, 0.3) is 0 Å². The molecule has 0 aliphatic heterocycles. The third-order valence-electron chi connectivity index (χ3n) is 0. The molecule has 0 atom stereocenters. The summed E-state index contributed by atoms with van der Waals surface area (Å²) in [5.74, 6) is 0. The summed E-state index contributed by atoms with van der Waals surface area (Å²) in [6, 6.07) is 0. The average Bonchev–Trinajstić information content (AvgIpc) is 0.811. The van der Waals surface area contributed by atoms with Gasteiger partial charge in [0.15, 0.2) is 0 Å². The third-order valence-corrected chi connectivity index (χ3v) is 0. The molecule has 5 heteroatoms. The molecule has 0 rings (SSSR count).